The molecule has 2 atom stereocenters. The van der Waals surface area contributed by atoms with Crippen LogP contribution >= 0.6 is 0 Å². The Kier molecular flexibility index (Phi) is 6.75. The van der Waals surface area contributed by atoms with Crippen LogP contribution in [0.1, 0.15) is 27.2 Å². The van der Waals surface area contributed by atoms with Gasteiger partial charge >= 0.3 is 5.97 Å². The van der Waals surface area contributed by atoms with Crippen molar-refractivity contribution >= 4 is 12.4 Å². The minimum Gasteiger partial charge on any atom is -0.468 e. The first kappa shape index (κ1) is 15.9. The van der Waals surface area contributed by atoms with E-state index in [2.05, 4.69) is 14.8 Å². The molecular formula is C11H21NO5. The van der Waals surface area contributed by atoms with E-state index in [1.165, 1.54) is 7.11 Å². The Morgan fingerprint density at radius 2 is 2.06 bits per heavy atom. The molecule has 0 spiro atoms. The zero-order chi connectivity index (χ0) is 13.5. The van der Waals surface area contributed by atoms with Gasteiger partial charge in [0.15, 0.2) is 0 Å². The molecule has 0 aromatic rings. The molecule has 1 unspecified atom stereocenters. The van der Waals surface area contributed by atoms with Crippen LogP contribution in [0.15, 0.2) is 0 Å². The second-order valence-electron chi connectivity index (χ2n) is 4.70. The van der Waals surface area contributed by atoms with E-state index in [1.807, 2.05) is 20.8 Å². The molecule has 0 bridgehead atoms. The van der Waals surface area contributed by atoms with E-state index in [0.29, 0.717) is 19.4 Å². The van der Waals surface area contributed by atoms with Crippen LogP contribution in [0.4, 0.5) is 0 Å². The van der Waals surface area contributed by atoms with E-state index in [4.69, 9.17) is 5.11 Å². The van der Waals surface area contributed by atoms with Crippen molar-refractivity contribution in [2.24, 2.45) is 0 Å². The van der Waals surface area contributed by atoms with Crippen LogP contribution in [-0.2, 0) is 19.1 Å². The normalized spacial score (nSPS) is 23.4. The molecule has 2 N–H and O–H groups in total. The summed E-state index contributed by atoms with van der Waals surface area (Å²) in [4.78, 5) is 20.4. The Bertz CT molecular complexity index is 249. The summed E-state index contributed by atoms with van der Waals surface area (Å²) in [5.41, 5.74) is -0.318. The molecule has 1 fully saturated rings. The van der Waals surface area contributed by atoms with Gasteiger partial charge in [-0.15, -0.1) is 0 Å². The van der Waals surface area contributed by atoms with Crippen LogP contribution in [0.25, 0.3) is 0 Å². The summed E-state index contributed by atoms with van der Waals surface area (Å²) >= 11 is 0. The smallest absolute Gasteiger partial charge is 0.322 e. The first-order chi connectivity index (χ1) is 7.80. The van der Waals surface area contributed by atoms with Gasteiger partial charge in [0.1, 0.15) is 11.6 Å². The van der Waals surface area contributed by atoms with Crippen LogP contribution in [-0.4, -0.2) is 48.9 Å². The van der Waals surface area contributed by atoms with Gasteiger partial charge < -0.3 is 19.9 Å². The first-order valence-corrected chi connectivity index (χ1v) is 5.41. The zero-order valence-electron chi connectivity index (χ0n) is 10.7. The molecule has 1 aliphatic rings. The minimum atomic E-state index is -0.399. The van der Waals surface area contributed by atoms with Crippen molar-refractivity contribution in [2.75, 3.05) is 13.7 Å². The van der Waals surface area contributed by atoms with E-state index in [9.17, 15) is 9.59 Å². The maximum absolute atomic E-state index is 10.8. The molecule has 0 aliphatic carbocycles. The van der Waals surface area contributed by atoms with Gasteiger partial charge in [-0.1, -0.05) is 0 Å². The lowest BCUT2D eigenvalue weighted by Crippen LogP contribution is -2.31. The van der Waals surface area contributed by atoms with Crippen molar-refractivity contribution in [1.82, 2.24) is 5.32 Å². The van der Waals surface area contributed by atoms with Crippen LogP contribution in [0.3, 0.4) is 0 Å². The predicted molar refractivity (Wildman–Crippen MR) is 61.3 cm³/mol. The SMILES string of the molecule is CC(C)(C)OC=O.COC(=O)[C@@H]1CC(O)CN1. The molecule has 6 heteroatoms. The lowest BCUT2D eigenvalue weighted by Gasteiger charge is -2.14. The average Bonchev–Trinajstić information content (AvgIpc) is 2.63. The third-order valence-electron chi connectivity index (χ3n) is 2.00. The molecule has 100 valence electrons. The lowest BCUT2D eigenvalue weighted by molar-refractivity contribution is -0.143. The van der Waals surface area contributed by atoms with Crippen molar-refractivity contribution in [3.05, 3.63) is 0 Å². The molecule has 1 aliphatic heterocycles. The second kappa shape index (κ2) is 7.24. The Balaban J connectivity index is 0.000000325. The van der Waals surface area contributed by atoms with Gasteiger partial charge in [0.2, 0.25) is 0 Å². The topological polar surface area (TPSA) is 84.9 Å². The van der Waals surface area contributed by atoms with Crippen molar-refractivity contribution in [1.29, 1.82) is 0 Å². The summed E-state index contributed by atoms with van der Waals surface area (Å²) in [6, 6.07) is -0.306. The molecule has 0 aromatic heterocycles. The highest BCUT2D eigenvalue weighted by atomic mass is 16.5. The van der Waals surface area contributed by atoms with E-state index >= 15 is 0 Å². The van der Waals surface area contributed by atoms with Crippen LogP contribution in [0.2, 0.25) is 0 Å². The van der Waals surface area contributed by atoms with Crippen molar-refractivity contribution in [3.8, 4) is 0 Å². The second-order valence-corrected chi connectivity index (χ2v) is 4.70. The van der Waals surface area contributed by atoms with Gasteiger partial charge in [-0.3, -0.25) is 9.59 Å². The number of rotatable bonds is 2. The van der Waals surface area contributed by atoms with Crippen molar-refractivity contribution in [2.45, 2.75) is 44.9 Å². The van der Waals surface area contributed by atoms with Gasteiger partial charge in [0.05, 0.1) is 13.2 Å². The maximum atomic E-state index is 10.8. The van der Waals surface area contributed by atoms with Crippen LogP contribution in [0.5, 0.6) is 0 Å². The van der Waals surface area contributed by atoms with Gasteiger partial charge in [0, 0.05) is 13.0 Å². The van der Waals surface area contributed by atoms with Crippen molar-refractivity contribution in [3.63, 3.8) is 0 Å². The fourth-order valence-electron chi connectivity index (χ4n) is 1.18. The Morgan fingerprint density at radius 1 is 1.47 bits per heavy atom. The fraction of sp³-hybridized carbons (Fsp3) is 0.818. The number of carbonyl (C=O) groups excluding carboxylic acids is 2. The summed E-state index contributed by atoms with van der Waals surface area (Å²) < 4.78 is 9.02. The van der Waals surface area contributed by atoms with Crippen LogP contribution in [0, 0.1) is 0 Å². The third-order valence-corrected chi connectivity index (χ3v) is 2.00. The quantitative estimate of drug-likeness (QED) is 0.521. The molecule has 0 aromatic carbocycles. The molecule has 17 heavy (non-hydrogen) atoms. The number of aliphatic hydroxyl groups excluding tert-OH is 1. The summed E-state index contributed by atoms with van der Waals surface area (Å²) in [6.45, 7) is 6.41. The largest absolute Gasteiger partial charge is 0.468 e. The number of β-amino-alcohol motifs (C(OH)–C–C–N with tert-alkyl or cyclic N) is 1. The Labute approximate surface area is 101 Å². The molecule has 0 saturated carbocycles. The highest BCUT2D eigenvalue weighted by Gasteiger charge is 2.28. The minimum absolute atomic E-state index is 0.295. The zero-order valence-corrected chi connectivity index (χ0v) is 10.7. The number of hydrogen-bond donors (Lipinski definition) is 2. The van der Waals surface area contributed by atoms with E-state index in [-0.39, 0.29) is 17.6 Å². The molecule has 1 rings (SSSR count). The highest BCUT2D eigenvalue weighted by Crippen LogP contribution is 2.06. The molecule has 1 saturated heterocycles. The Morgan fingerprint density at radius 3 is 2.29 bits per heavy atom. The van der Waals surface area contributed by atoms with E-state index in [0.717, 1.165) is 0 Å². The summed E-state index contributed by atoms with van der Waals surface area (Å²) in [7, 11) is 1.34. The molecule has 1 heterocycles. The number of esters is 1. The number of nitrogens with one attached hydrogen (secondary N) is 1. The number of methoxy groups -OCH3 is 1. The van der Waals surface area contributed by atoms with Crippen LogP contribution < -0.4 is 5.32 Å². The standard InChI is InChI=1S/C6H11NO3.C5H10O2/c1-10-6(9)5-2-4(8)3-7-5;1-5(2,3)7-4-6/h4-5,7-8H,2-3H2,1H3;4H,1-3H3/t4?,5-;/m0./s1. The lowest BCUT2D eigenvalue weighted by atomic mass is 10.2. The summed E-state index contributed by atoms with van der Waals surface area (Å²) in [5.74, 6) is -0.295. The highest BCUT2D eigenvalue weighted by molar-refractivity contribution is 5.76. The third kappa shape index (κ3) is 7.70. The van der Waals surface area contributed by atoms with Gasteiger partial charge in [0.25, 0.3) is 6.47 Å². The summed E-state index contributed by atoms with van der Waals surface area (Å²) in [5, 5.41) is 11.8. The number of carbonyl (C=O) groups is 2. The van der Waals surface area contributed by atoms with Gasteiger partial charge in [-0.05, 0) is 20.8 Å². The monoisotopic (exact) mass is 247 g/mol. The van der Waals surface area contributed by atoms with Gasteiger partial charge in [-0.25, -0.2) is 0 Å². The van der Waals surface area contributed by atoms with E-state index in [1.54, 1.807) is 0 Å². The molecule has 0 amide bonds. The van der Waals surface area contributed by atoms with Gasteiger partial charge in [-0.2, -0.15) is 0 Å². The molecular weight excluding hydrogens is 226 g/mol. The molecule has 6 nitrogen and oxygen atoms in total. The maximum Gasteiger partial charge on any atom is 0.322 e. The molecule has 0 radical (unpaired) electrons. The number of aliphatic hydroxyl groups is 1. The number of ether oxygens (including phenoxy) is 2. The fourth-order valence-corrected chi connectivity index (χ4v) is 1.18. The van der Waals surface area contributed by atoms with E-state index < -0.39 is 6.10 Å². The average molecular weight is 247 g/mol. The summed E-state index contributed by atoms with van der Waals surface area (Å²) in [6.07, 6.45) is 0.0660. The predicted octanol–water partition coefficient (Wildman–Crippen LogP) is -0.160. The first-order valence-electron chi connectivity index (χ1n) is 5.41. The number of hydrogen-bond acceptors (Lipinski definition) is 6. The van der Waals surface area contributed by atoms with Crippen molar-refractivity contribution < 1.29 is 24.2 Å². The Hall–Kier alpha value is -1.14.